The van der Waals surface area contributed by atoms with E-state index in [1.165, 1.54) is 0 Å². The minimum atomic E-state index is 0.785. The molecule has 0 unspecified atom stereocenters. The van der Waals surface area contributed by atoms with Gasteiger partial charge in [-0.15, -0.1) is 0 Å². The summed E-state index contributed by atoms with van der Waals surface area (Å²) >= 11 is 6.06. The molecule has 0 amide bonds. The van der Waals surface area contributed by atoms with Crippen LogP contribution in [-0.4, -0.2) is 16.1 Å². The molecule has 78 valence electrons. The van der Waals surface area contributed by atoms with Crippen LogP contribution in [0.15, 0.2) is 12.1 Å². The molecule has 0 fully saturated rings. The lowest BCUT2D eigenvalue weighted by atomic mass is 10.2. The molecular weight excluding hydrogens is 210 g/mol. The summed E-state index contributed by atoms with van der Waals surface area (Å²) < 4.78 is 2.21. The first-order valence-corrected chi connectivity index (χ1v) is 5.54. The second kappa shape index (κ2) is 3.14. The van der Waals surface area contributed by atoms with Gasteiger partial charge in [0.05, 0.1) is 11.0 Å². The lowest BCUT2D eigenvalue weighted by molar-refractivity contribution is 0.642. The third-order valence-corrected chi connectivity index (χ3v) is 3.07. The van der Waals surface area contributed by atoms with Crippen LogP contribution in [0.1, 0.15) is 12.0 Å². The van der Waals surface area contributed by atoms with Crippen molar-refractivity contribution in [3.05, 3.63) is 22.7 Å². The van der Waals surface area contributed by atoms with Crippen molar-refractivity contribution in [1.82, 2.24) is 9.55 Å². The predicted octanol–water partition coefficient (Wildman–Crippen LogP) is 2.81. The molecule has 0 radical (unpaired) electrons. The van der Waals surface area contributed by atoms with Gasteiger partial charge >= 0.3 is 0 Å². The van der Waals surface area contributed by atoms with Gasteiger partial charge in [0.25, 0.3) is 0 Å². The van der Waals surface area contributed by atoms with Gasteiger partial charge in [0.2, 0.25) is 5.95 Å². The van der Waals surface area contributed by atoms with Crippen LogP contribution in [0.25, 0.3) is 11.0 Å². The molecule has 0 saturated carbocycles. The fourth-order valence-electron chi connectivity index (χ4n) is 2.15. The van der Waals surface area contributed by atoms with Crippen molar-refractivity contribution in [3.63, 3.8) is 0 Å². The maximum absolute atomic E-state index is 6.06. The van der Waals surface area contributed by atoms with Gasteiger partial charge in [-0.3, -0.25) is 0 Å². The molecule has 2 aromatic rings. The van der Waals surface area contributed by atoms with E-state index in [2.05, 4.69) is 14.9 Å². The molecule has 1 aromatic carbocycles. The molecule has 0 aliphatic carbocycles. The van der Waals surface area contributed by atoms with E-state index in [0.29, 0.717) is 0 Å². The number of fused-ring (bicyclic) bond motifs is 3. The highest BCUT2D eigenvalue weighted by Crippen LogP contribution is 2.28. The molecule has 1 N–H and O–H groups in total. The minimum absolute atomic E-state index is 0.785. The number of nitrogens with zero attached hydrogens (tertiary/aromatic N) is 2. The van der Waals surface area contributed by atoms with Crippen LogP contribution in [0.4, 0.5) is 5.95 Å². The first kappa shape index (κ1) is 9.04. The van der Waals surface area contributed by atoms with E-state index in [0.717, 1.165) is 47.1 Å². The molecule has 1 aliphatic heterocycles. The van der Waals surface area contributed by atoms with Crippen molar-refractivity contribution in [3.8, 4) is 0 Å². The SMILES string of the molecule is Cc1cc(Cl)cc2c1nc1n2CCCN1. The Morgan fingerprint density at radius 2 is 2.33 bits per heavy atom. The van der Waals surface area contributed by atoms with E-state index in [-0.39, 0.29) is 0 Å². The molecule has 4 heteroatoms. The molecule has 0 atom stereocenters. The van der Waals surface area contributed by atoms with Crippen LogP contribution < -0.4 is 5.32 Å². The van der Waals surface area contributed by atoms with Gasteiger partial charge in [-0.05, 0) is 31.0 Å². The average Bonchev–Trinajstić information content (AvgIpc) is 2.57. The predicted molar refractivity (Wildman–Crippen MR) is 62.6 cm³/mol. The van der Waals surface area contributed by atoms with Gasteiger partial charge in [-0.1, -0.05) is 11.6 Å². The van der Waals surface area contributed by atoms with E-state index in [1.54, 1.807) is 0 Å². The fraction of sp³-hybridized carbons (Fsp3) is 0.364. The number of imidazole rings is 1. The second-order valence-electron chi connectivity index (χ2n) is 3.96. The molecular formula is C11H12ClN3. The smallest absolute Gasteiger partial charge is 0.203 e. The number of aromatic nitrogens is 2. The monoisotopic (exact) mass is 221 g/mol. The summed E-state index contributed by atoms with van der Waals surface area (Å²) in [6.07, 6.45) is 1.14. The highest BCUT2D eigenvalue weighted by Gasteiger charge is 2.15. The molecule has 3 nitrogen and oxygen atoms in total. The largest absolute Gasteiger partial charge is 0.356 e. The zero-order valence-electron chi connectivity index (χ0n) is 8.55. The summed E-state index contributed by atoms with van der Waals surface area (Å²) in [6.45, 7) is 4.09. The summed E-state index contributed by atoms with van der Waals surface area (Å²) in [6, 6.07) is 3.95. The maximum Gasteiger partial charge on any atom is 0.203 e. The van der Waals surface area contributed by atoms with Crippen molar-refractivity contribution in [2.24, 2.45) is 0 Å². The Bertz CT molecular complexity index is 530. The van der Waals surface area contributed by atoms with Crippen LogP contribution >= 0.6 is 11.6 Å². The number of anilines is 1. The highest BCUT2D eigenvalue weighted by molar-refractivity contribution is 6.31. The van der Waals surface area contributed by atoms with Crippen molar-refractivity contribution in [2.45, 2.75) is 19.9 Å². The molecule has 2 heterocycles. The fourth-order valence-corrected chi connectivity index (χ4v) is 2.42. The van der Waals surface area contributed by atoms with E-state index in [9.17, 15) is 0 Å². The van der Waals surface area contributed by atoms with E-state index < -0.39 is 0 Å². The van der Waals surface area contributed by atoms with Gasteiger partial charge in [0.1, 0.15) is 0 Å². The lowest BCUT2D eigenvalue weighted by Gasteiger charge is -2.15. The Hall–Kier alpha value is -1.22. The standard InChI is InChI=1S/C11H12ClN3/c1-7-5-8(12)6-9-10(7)14-11-13-3-2-4-15(9)11/h5-6H,2-4H2,1H3,(H,13,14). The van der Waals surface area contributed by atoms with Gasteiger partial charge in [0.15, 0.2) is 0 Å². The summed E-state index contributed by atoms with van der Waals surface area (Å²) in [5, 5.41) is 4.09. The van der Waals surface area contributed by atoms with Gasteiger partial charge in [-0.2, -0.15) is 0 Å². The number of benzene rings is 1. The van der Waals surface area contributed by atoms with Crippen LogP contribution in [-0.2, 0) is 6.54 Å². The second-order valence-corrected chi connectivity index (χ2v) is 4.39. The van der Waals surface area contributed by atoms with E-state index >= 15 is 0 Å². The average molecular weight is 222 g/mol. The summed E-state index contributed by atoms with van der Waals surface area (Å²) in [4.78, 5) is 4.59. The Morgan fingerprint density at radius 1 is 1.47 bits per heavy atom. The van der Waals surface area contributed by atoms with Crippen LogP contribution in [0, 0.1) is 6.92 Å². The number of rotatable bonds is 0. The molecule has 15 heavy (non-hydrogen) atoms. The van der Waals surface area contributed by atoms with Crippen molar-refractivity contribution in [2.75, 3.05) is 11.9 Å². The number of halogens is 1. The maximum atomic E-state index is 6.06. The third kappa shape index (κ3) is 1.30. The molecule has 0 saturated heterocycles. The topological polar surface area (TPSA) is 29.9 Å². The molecule has 0 spiro atoms. The van der Waals surface area contributed by atoms with Gasteiger partial charge in [0, 0.05) is 18.1 Å². The number of hydrogen-bond donors (Lipinski definition) is 1. The summed E-state index contributed by atoms with van der Waals surface area (Å²) in [7, 11) is 0. The first-order valence-electron chi connectivity index (χ1n) is 5.16. The minimum Gasteiger partial charge on any atom is -0.356 e. The van der Waals surface area contributed by atoms with Crippen LogP contribution in [0.5, 0.6) is 0 Å². The molecule has 1 aliphatic rings. The number of aryl methyl sites for hydroxylation is 2. The van der Waals surface area contributed by atoms with Crippen LogP contribution in [0.2, 0.25) is 5.02 Å². The third-order valence-electron chi connectivity index (χ3n) is 2.85. The zero-order valence-corrected chi connectivity index (χ0v) is 9.30. The Balaban J connectivity index is 2.37. The highest BCUT2D eigenvalue weighted by atomic mass is 35.5. The molecule has 0 bridgehead atoms. The van der Waals surface area contributed by atoms with Crippen LogP contribution in [0.3, 0.4) is 0 Å². The van der Waals surface area contributed by atoms with Crippen molar-refractivity contribution < 1.29 is 0 Å². The molecule has 1 aromatic heterocycles. The van der Waals surface area contributed by atoms with Crippen molar-refractivity contribution >= 4 is 28.6 Å². The zero-order chi connectivity index (χ0) is 10.4. The van der Waals surface area contributed by atoms with Gasteiger partial charge < -0.3 is 9.88 Å². The Morgan fingerprint density at radius 3 is 3.20 bits per heavy atom. The quantitative estimate of drug-likeness (QED) is 0.742. The lowest BCUT2D eigenvalue weighted by Crippen LogP contribution is -2.16. The number of nitrogens with one attached hydrogen (secondary N) is 1. The normalized spacial score (nSPS) is 15.1. The first-order chi connectivity index (χ1) is 7.25. The van der Waals surface area contributed by atoms with E-state index in [1.807, 2.05) is 19.1 Å². The Kier molecular flexibility index (Phi) is 1.89. The van der Waals surface area contributed by atoms with E-state index in [4.69, 9.17) is 11.6 Å². The molecule has 3 rings (SSSR count). The van der Waals surface area contributed by atoms with Gasteiger partial charge in [-0.25, -0.2) is 4.98 Å². The Labute approximate surface area is 93.1 Å². The summed E-state index contributed by atoms with van der Waals surface area (Å²) in [5.41, 5.74) is 3.34. The summed E-state index contributed by atoms with van der Waals surface area (Å²) in [5.74, 6) is 0.974. The van der Waals surface area contributed by atoms with Crippen molar-refractivity contribution in [1.29, 1.82) is 0 Å². The number of hydrogen-bond acceptors (Lipinski definition) is 2.